The van der Waals surface area contributed by atoms with Crippen LogP contribution in [-0.2, 0) is 0 Å². The number of amides is 1. The quantitative estimate of drug-likeness (QED) is 0.485. The number of anilines is 1. The van der Waals surface area contributed by atoms with Gasteiger partial charge in [-0.1, -0.05) is 23.2 Å². The molecule has 4 aromatic rings. The fourth-order valence-electron chi connectivity index (χ4n) is 2.46. The summed E-state index contributed by atoms with van der Waals surface area (Å²) in [6, 6.07) is 7.74. The lowest BCUT2D eigenvalue weighted by Gasteiger charge is -2.03. The number of rotatable bonds is 3. The minimum absolute atomic E-state index is 0.0121. The molecular formula is C17H8Cl2F2N4OS. The number of carbonyl (C=O) groups excluding carboxylic acids is 1. The predicted molar refractivity (Wildman–Crippen MR) is 101 cm³/mol. The summed E-state index contributed by atoms with van der Waals surface area (Å²) in [6.07, 6.45) is 0. The molecule has 0 fully saturated rings. The van der Waals surface area contributed by atoms with Crippen molar-refractivity contribution in [3.05, 3.63) is 69.0 Å². The molecule has 0 aliphatic carbocycles. The van der Waals surface area contributed by atoms with E-state index in [4.69, 9.17) is 23.2 Å². The van der Waals surface area contributed by atoms with Crippen LogP contribution >= 0.6 is 34.5 Å². The third-order valence-corrected chi connectivity index (χ3v) is 5.05. The highest BCUT2D eigenvalue weighted by Gasteiger charge is 2.18. The highest BCUT2D eigenvalue weighted by atomic mass is 35.5. The van der Waals surface area contributed by atoms with Crippen LogP contribution < -0.4 is 5.32 Å². The van der Waals surface area contributed by atoms with Gasteiger partial charge in [0.05, 0.1) is 16.3 Å². The number of benzene rings is 2. The normalized spacial score (nSPS) is 11.1. The first-order valence-electron chi connectivity index (χ1n) is 7.48. The van der Waals surface area contributed by atoms with E-state index in [0.717, 1.165) is 12.1 Å². The van der Waals surface area contributed by atoms with Gasteiger partial charge in [0, 0.05) is 22.0 Å². The van der Waals surface area contributed by atoms with Crippen molar-refractivity contribution in [1.82, 2.24) is 14.6 Å². The summed E-state index contributed by atoms with van der Waals surface area (Å²) in [5, 5.41) is 9.39. The zero-order chi connectivity index (χ0) is 19.1. The Balaban J connectivity index is 1.66. The molecule has 0 aliphatic rings. The molecule has 10 heteroatoms. The molecule has 2 aromatic carbocycles. The monoisotopic (exact) mass is 424 g/mol. The number of nitrogens with one attached hydrogen (secondary N) is 1. The van der Waals surface area contributed by atoms with Gasteiger partial charge in [-0.2, -0.15) is 4.98 Å². The van der Waals surface area contributed by atoms with Crippen LogP contribution in [0.15, 0.2) is 41.8 Å². The molecule has 0 spiro atoms. The first-order chi connectivity index (χ1) is 12.9. The smallest absolute Gasteiger partial charge is 0.261 e. The predicted octanol–water partition coefficient (Wildman–Crippen LogP) is 5.30. The lowest BCUT2D eigenvalue weighted by molar-refractivity contribution is 0.102. The van der Waals surface area contributed by atoms with Gasteiger partial charge in [0.2, 0.25) is 4.96 Å². The molecule has 0 saturated heterocycles. The van der Waals surface area contributed by atoms with Crippen molar-refractivity contribution in [3.8, 4) is 11.3 Å². The third kappa shape index (κ3) is 3.39. The summed E-state index contributed by atoms with van der Waals surface area (Å²) in [4.78, 5) is 16.9. The molecule has 2 aromatic heterocycles. The van der Waals surface area contributed by atoms with Crippen LogP contribution in [0.2, 0.25) is 10.0 Å². The van der Waals surface area contributed by atoms with Gasteiger partial charge < -0.3 is 0 Å². The summed E-state index contributed by atoms with van der Waals surface area (Å²) in [5.74, 6) is -2.53. The molecule has 0 unspecified atom stereocenters. The molecule has 0 atom stereocenters. The fraction of sp³-hybridized carbons (Fsp3) is 0. The minimum atomic E-state index is -0.970. The second-order valence-electron chi connectivity index (χ2n) is 5.45. The average Bonchev–Trinajstić information content (AvgIpc) is 3.15. The first-order valence-corrected chi connectivity index (χ1v) is 9.12. The van der Waals surface area contributed by atoms with Gasteiger partial charge in [-0.15, -0.1) is 16.4 Å². The largest absolute Gasteiger partial charge is 0.289 e. The highest BCUT2D eigenvalue weighted by Crippen LogP contribution is 2.33. The van der Waals surface area contributed by atoms with E-state index in [0.29, 0.717) is 32.3 Å². The molecule has 0 radical (unpaired) electrons. The van der Waals surface area contributed by atoms with Crippen molar-refractivity contribution in [3.63, 3.8) is 0 Å². The van der Waals surface area contributed by atoms with Gasteiger partial charge in [0.15, 0.2) is 0 Å². The number of halogens is 4. The molecule has 1 N–H and O–H groups in total. The van der Waals surface area contributed by atoms with Crippen molar-refractivity contribution < 1.29 is 13.6 Å². The molecule has 0 aliphatic heterocycles. The maximum atomic E-state index is 13.7. The van der Waals surface area contributed by atoms with Crippen molar-refractivity contribution in [2.75, 3.05) is 5.32 Å². The topological polar surface area (TPSA) is 59.3 Å². The van der Waals surface area contributed by atoms with Gasteiger partial charge in [0.25, 0.3) is 11.9 Å². The van der Waals surface area contributed by atoms with E-state index >= 15 is 0 Å². The number of hydrogen-bond acceptors (Lipinski definition) is 4. The maximum absolute atomic E-state index is 13.7. The molecule has 2 heterocycles. The number of fused-ring (bicyclic) bond motifs is 1. The van der Waals surface area contributed by atoms with Crippen LogP contribution in [0, 0.1) is 11.6 Å². The molecule has 0 saturated carbocycles. The number of hydrogen-bond donors (Lipinski definition) is 1. The van der Waals surface area contributed by atoms with Crippen LogP contribution in [0.1, 0.15) is 10.4 Å². The lowest BCUT2D eigenvalue weighted by atomic mass is 10.2. The summed E-state index contributed by atoms with van der Waals surface area (Å²) in [7, 11) is 0. The van der Waals surface area contributed by atoms with Crippen LogP contribution in [-0.4, -0.2) is 20.5 Å². The van der Waals surface area contributed by atoms with E-state index in [-0.39, 0.29) is 11.5 Å². The standard InChI is InChI=1S/C17H8Cl2F2N4OS/c18-8-1-3-10(12(19)5-8)14-7-27-17-23-16(24-25(14)17)22-15(26)11-4-2-9(20)6-13(11)21/h1-7H,(H,22,24,26). The Morgan fingerprint density at radius 1 is 1.15 bits per heavy atom. The van der Waals surface area contributed by atoms with Crippen LogP contribution in [0.25, 0.3) is 16.2 Å². The van der Waals surface area contributed by atoms with Crippen LogP contribution in [0.4, 0.5) is 14.7 Å². The molecular weight excluding hydrogens is 417 g/mol. The molecule has 4 rings (SSSR count). The zero-order valence-electron chi connectivity index (χ0n) is 13.2. The molecule has 1 amide bonds. The van der Waals surface area contributed by atoms with Crippen LogP contribution in [0.5, 0.6) is 0 Å². The zero-order valence-corrected chi connectivity index (χ0v) is 15.5. The van der Waals surface area contributed by atoms with E-state index in [1.54, 1.807) is 18.2 Å². The average molecular weight is 425 g/mol. The Hall–Kier alpha value is -2.55. The number of nitrogens with zero attached hydrogens (tertiary/aromatic N) is 3. The Kier molecular flexibility index (Phi) is 4.55. The second-order valence-corrected chi connectivity index (χ2v) is 7.13. The summed E-state index contributed by atoms with van der Waals surface area (Å²) >= 11 is 13.5. The van der Waals surface area contributed by atoms with Gasteiger partial charge in [-0.05, 0) is 30.3 Å². The van der Waals surface area contributed by atoms with Crippen molar-refractivity contribution >= 4 is 51.4 Å². The highest BCUT2D eigenvalue weighted by molar-refractivity contribution is 7.15. The summed E-state index contributed by atoms with van der Waals surface area (Å²) < 4.78 is 28.2. The Morgan fingerprint density at radius 2 is 1.96 bits per heavy atom. The van der Waals surface area contributed by atoms with Crippen molar-refractivity contribution in [2.45, 2.75) is 0 Å². The third-order valence-electron chi connectivity index (χ3n) is 3.69. The SMILES string of the molecule is O=C(Nc1nc2scc(-c3ccc(Cl)cc3Cl)n2n1)c1ccc(F)cc1F. The molecule has 0 bridgehead atoms. The van der Waals surface area contributed by atoms with Gasteiger partial charge >= 0.3 is 0 Å². The van der Waals surface area contributed by atoms with E-state index < -0.39 is 17.5 Å². The summed E-state index contributed by atoms with van der Waals surface area (Å²) in [6.45, 7) is 0. The number of thiazole rings is 1. The molecule has 27 heavy (non-hydrogen) atoms. The van der Waals surface area contributed by atoms with E-state index in [1.807, 2.05) is 5.38 Å². The Bertz CT molecular complexity index is 1190. The van der Waals surface area contributed by atoms with Gasteiger partial charge in [-0.3, -0.25) is 10.1 Å². The van der Waals surface area contributed by atoms with Crippen molar-refractivity contribution in [1.29, 1.82) is 0 Å². The lowest BCUT2D eigenvalue weighted by Crippen LogP contribution is -2.15. The fourth-order valence-corrected chi connectivity index (χ4v) is 3.79. The Morgan fingerprint density at radius 3 is 2.70 bits per heavy atom. The van der Waals surface area contributed by atoms with Gasteiger partial charge in [0.1, 0.15) is 11.6 Å². The maximum Gasteiger partial charge on any atom is 0.261 e. The first kappa shape index (κ1) is 17.8. The molecule has 5 nitrogen and oxygen atoms in total. The second kappa shape index (κ2) is 6.88. The van der Waals surface area contributed by atoms with E-state index in [2.05, 4.69) is 15.4 Å². The minimum Gasteiger partial charge on any atom is -0.289 e. The van der Waals surface area contributed by atoms with E-state index in [9.17, 15) is 13.6 Å². The Labute approximate surface area is 165 Å². The number of carbonyl (C=O) groups is 1. The summed E-state index contributed by atoms with van der Waals surface area (Å²) in [5.41, 5.74) is 1.05. The van der Waals surface area contributed by atoms with E-state index in [1.165, 1.54) is 15.9 Å². The van der Waals surface area contributed by atoms with Crippen LogP contribution in [0.3, 0.4) is 0 Å². The number of aromatic nitrogens is 3. The molecule has 136 valence electrons. The van der Waals surface area contributed by atoms with Crippen molar-refractivity contribution in [2.24, 2.45) is 0 Å². The van der Waals surface area contributed by atoms with Gasteiger partial charge in [-0.25, -0.2) is 13.3 Å².